The van der Waals surface area contributed by atoms with Gasteiger partial charge in [0.25, 0.3) is 0 Å². The molecule has 0 fully saturated rings. The minimum atomic E-state index is 0.639. The molecule has 0 rings (SSSR count). The summed E-state index contributed by atoms with van der Waals surface area (Å²) in [6.45, 7) is 1.99. The van der Waals surface area contributed by atoms with Crippen molar-refractivity contribution in [3.05, 3.63) is 11.6 Å². The van der Waals surface area contributed by atoms with Gasteiger partial charge in [-0.15, -0.1) is 0 Å². The minimum Gasteiger partial charge on any atom is -0.295 e. The van der Waals surface area contributed by atoms with Crippen LogP contribution in [0.3, 0.4) is 0 Å². The Morgan fingerprint density at radius 1 is 1.78 bits per heavy atom. The Bertz CT molecular complexity index is 160. The van der Waals surface area contributed by atoms with Crippen molar-refractivity contribution < 1.29 is 0 Å². The van der Waals surface area contributed by atoms with E-state index in [0.29, 0.717) is 5.57 Å². The number of aliphatic imine (C=N–C) groups is 1. The van der Waals surface area contributed by atoms with Gasteiger partial charge in [-0.1, -0.05) is 13.0 Å². The van der Waals surface area contributed by atoms with E-state index in [4.69, 9.17) is 5.26 Å². The molecule has 0 spiro atoms. The first kappa shape index (κ1) is 7.90. The van der Waals surface area contributed by atoms with Crippen LogP contribution >= 0.6 is 0 Å². The fourth-order valence-corrected chi connectivity index (χ4v) is 0.486. The lowest BCUT2D eigenvalue weighted by molar-refractivity contribution is 1.22. The fraction of sp³-hybridized carbons (Fsp3) is 0.429. The van der Waals surface area contributed by atoms with E-state index in [1.54, 1.807) is 13.3 Å². The van der Waals surface area contributed by atoms with Gasteiger partial charge in [-0.2, -0.15) is 5.26 Å². The Kier molecular flexibility index (Phi) is 4.43. The highest BCUT2D eigenvalue weighted by Gasteiger charge is 1.83. The van der Waals surface area contributed by atoms with Crippen molar-refractivity contribution >= 4 is 6.21 Å². The second-order valence-corrected chi connectivity index (χ2v) is 1.57. The number of hydrogen-bond acceptors (Lipinski definition) is 2. The van der Waals surface area contributed by atoms with Gasteiger partial charge in [0.2, 0.25) is 0 Å². The van der Waals surface area contributed by atoms with Crippen molar-refractivity contribution in [2.45, 2.75) is 13.3 Å². The summed E-state index contributed by atoms with van der Waals surface area (Å²) in [5.74, 6) is 0. The maximum absolute atomic E-state index is 8.38. The van der Waals surface area contributed by atoms with Crippen LogP contribution in [0.2, 0.25) is 0 Å². The number of allylic oxidation sites excluding steroid dienone is 2. The molecule has 0 aliphatic carbocycles. The zero-order valence-electron chi connectivity index (χ0n) is 5.76. The van der Waals surface area contributed by atoms with E-state index in [1.165, 1.54) is 0 Å². The highest BCUT2D eigenvalue weighted by atomic mass is 14.6. The lowest BCUT2D eigenvalue weighted by Crippen LogP contribution is -1.78. The molecule has 0 bridgehead atoms. The minimum absolute atomic E-state index is 0.639. The smallest absolute Gasteiger partial charge is 0.100 e. The van der Waals surface area contributed by atoms with Crippen LogP contribution in [0.5, 0.6) is 0 Å². The first-order chi connectivity index (χ1) is 4.35. The first-order valence-corrected chi connectivity index (χ1v) is 2.87. The summed E-state index contributed by atoms with van der Waals surface area (Å²) in [6.07, 6.45) is 4.28. The molecular weight excluding hydrogens is 112 g/mol. The molecule has 0 heterocycles. The van der Waals surface area contributed by atoms with Gasteiger partial charge in [-0.25, -0.2) is 0 Å². The molecule has 0 N–H and O–H groups in total. The highest BCUT2D eigenvalue weighted by Crippen LogP contribution is 1.89. The van der Waals surface area contributed by atoms with Crippen LogP contribution in [0.4, 0.5) is 0 Å². The number of nitriles is 1. The normalized spacial score (nSPS) is 11.9. The molecule has 2 heteroatoms. The second-order valence-electron chi connectivity index (χ2n) is 1.57. The van der Waals surface area contributed by atoms with Gasteiger partial charge >= 0.3 is 0 Å². The maximum atomic E-state index is 8.38. The van der Waals surface area contributed by atoms with Crippen molar-refractivity contribution in [2.24, 2.45) is 4.99 Å². The van der Waals surface area contributed by atoms with Crippen LogP contribution in [0.25, 0.3) is 0 Å². The van der Waals surface area contributed by atoms with Gasteiger partial charge in [0.15, 0.2) is 0 Å². The fourth-order valence-electron chi connectivity index (χ4n) is 0.486. The van der Waals surface area contributed by atoms with E-state index in [0.717, 1.165) is 6.42 Å². The van der Waals surface area contributed by atoms with Gasteiger partial charge in [-0.05, 0) is 6.42 Å². The van der Waals surface area contributed by atoms with E-state index in [9.17, 15) is 0 Å². The van der Waals surface area contributed by atoms with Gasteiger partial charge in [0, 0.05) is 13.3 Å². The number of nitrogens with zero attached hydrogens (tertiary/aromatic N) is 2. The van der Waals surface area contributed by atoms with Gasteiger partial charge in [-0.3, -0.25) is 4.99 Å². The van der Waals surface area contributed by atoms with Crippen LogP contribution in [0, 0.1) is 11.3 Å². The molecule has 0 radical (unpaired) electrons. The number of rotatable bonds is 2. The third kappa shape index (κ3) is 3.48. The molecule has 0 saturated heterocycles. The van der Waals surface area contributed by atoms with Gasteiger partial charge in [0.1, 0.15) is 6.07 Å². The monoisotopic (exact) mass is 122 g/mol. The largest absolute Gasteiger partial charge is 0.295 e. The highest BCUT2D eigenvalue weighted by molar-refractivity contribution is 5.83. The molecule has 2 nitrogen and oxygen atoms in total. The first-order valence-electron chi connectivity index (χ1n) is 2.87. The molecule has 48 valence electrons. The van der Waals surface area contributed by atoms with Crippen molar-refractivity contribution in [3.8, 4) is 6.07 Å². The molecule has 0 aromatic heterocycles. The SMILES string of the molecule is CC/C=C(/C#N)C=NC. The van der Waals surface area contributed by atoms with E-state index >= 15 is 0 Å². The molecule has 0 aromatic carbocycles. The predicted octanol–water partition coefficient (Wildman–Crippen LogP) is 1.55. The van der Waals surface area contributed by atoms with E-state index < -0.39 is 0 Å². The summed E-state index contributed by atoms with van der Waals surface area (Å²) in [5, 5.41) is 8.38. The molecule has 0 aliphatic rings. The van der Waals surface area contributed by atoms with Crippen molar-refractivity contribution in [2.75, 3.05) is 7.05 Å². The standard InChI is InChI=1S/C7H10N2/c1-3-4-7(5-8)6-9-2/h4,6H,3H2,1-2H3/b7-4-,9-6?. The lowest BCUT2D eigenvalue weighted by Gasteiger charge is -1.81. The molecule has 0 amide bonds. The van der Waals surface area contributed by atoms with E-state index in [-0.39, 0.29) is 0 Å². The molecule has 0 saturated carbocycles. The third-order valence-corrected chi connectivity index (χ3v) is 0.821. The molecular formula is C7H10N2. The van der Waals surface area contributed by atoms with Crippen molar-refractivity contribution in [3.63, 3.8) is 0 Å². The summed E-state index contributed by atoms with van der Waals surface area (Å²) in [4.78, 5) is 3.71. The van der Waals surface area contributed by atoms with Crippen molar-refractivity contribution in [1.82, 2.24) is 0 Å². The Labute approximate surface area is 55.5 Å². The zero-order chi connectivity index (χ0) is 7.11. The summed E-state index contributed by atoms with van der Waals surface area (Å²) in [6, 6.07) is 2.02. The van der Waals surface area contributed by atoms with Gasteiger partial charge < -0.3 is 0 Å². The zero-order valence-corrected chi connectivity index (χ0v) is 5.76. The summed E-state index contributed by atoms with van der Waals surface area (Å²) < 4.78 is 0. The Balaban J connectivity index is 4.02. The van der Waals surface area contributed by atoms with Crippen LogP contribution in [-0.4, -0.2) is 13.3 Å². The summed E-state index contributed by atoms with van der Waals surface area (Å²) in [7, 11) is 1.65. The van der Waals surface area contributed by atoms with Crippen molar-refractivity contribution in [1.29, 1.82) is 5.26 Å². The van der Waals surface area contributed by atoms with E-state index in [1.807, 2.05) is 19.1 Å². The molecule has 0 aromatic rings. The average Bonchev–Trinajstić information content (AvgIpc) is 1.88. The molecule has 0 unspecified atom stereocenters. The van der Waals surface area contributed by atoms with Crippen LogP contribution in [0.15, 0.2) is 16.6 Å². The molecule has 9 heavy (non-hydrogen) atoms. The van der Waals surface area contributed by atoms with Crippen LogP contribution in [0.1, 0.15) is 13.3 Å². The Morgan fingerprint density at radius 3 is 2.78 bits per heavy atom. The molecule has 0 atom stereocenters. The molecule has 0 aliphatic heterocycles. The predicted molar refractivity (Wildman–Crippen MR) is 38.4 cm³/mol. The number of hydrogen-bond donors (Lipinski definition) is 0. The Hall–Kier alpha value is -1.10. The summed E-state index contributed by atoms with van der Waals surface area (Å²) >= 11 is 0. The topological polar surface area (TPSA) is 36.1 Å². The van der Waals surface area contributed by atoms with E-state index in [2.05, 4.69) is 4.99 Å². The second kappa shape index (κ2) is 5.04. The van der Waals surface area contributed by atoms with Gasteiger partial charge in [0.05, 0.1) is 5.57 Å². The Morgan fingerprint density at radius 2 is 2.44 bits per heavy atom. The lowest BCUT2D eigenvalue weighted by atomic mass is 10.3. The third-order valence-electron chi connectivity index (χ3n) is 0.821. The average molecular weight is 122 g/mol. The summed E-state index contributed by atoms with van der Waals surface area (Å²) in [5.41, 5.74) is 0.639. The van der Waals surface area contributed by atoms with Crippen LogP contribution < -0.4 is 0 Å². The maximum Gasteiger partial charge on any atom is 0.100 e. The quantitative estimate of drug-likeness (QED) is 0.404. The van der Waals surface area contributed by atoms with Crippen LogP contribution in [-0.2, 0) is 0 Å².